The molecule has 0 radical (unpaired) electrons. The SMILES string of the molecule is CCN(CC)c1ccc(NC(=O)CCN(C(C)=O)c2ccc(C(C)C)cc2)cc1. The van der Waals surface area contributed by atoms with E-state index in [1.807, 2.05) is 48.5 Å². The van der Waals surface area contributed by atoms with Crippen LogP contribution in [0.15, 0.2) is 48.5 Å². The molecule has 2 rings (SSSR count). The van der Waals surface area contributed by atoms with Gasteiger partial charge >= 0.3 is 0 Å². The van der Waals surface area contributed by atoms with E-state index in [1.165, 1.54) is 12.5 Å². The highest BCUT2D eigenvalue weighted by atomic mass is 16.2. The average Bonchev–Trinajstić information content (AvgIpc) is 2.70. The molecule has 0 fully saturated rings. The van der Waals surface area contributed by atoms with Crippen molar-refractivity contribution in [3.05, 3.63) is 54.1 Å². The highest BCUT2D eigenvalue weighted by molar-refractivity contribution is 5.94. The Kier molecular flexibility index (Phi) is 8.25. The van der Waals surface area contributed by atoms with Gasteiger partial charge in [0.1, 0.15) is 0 Å². The molecule has 0 saturated carbocycles. The van der Waals surface area contributed by atoms with Crippen LogP contribution in [-0.4, -0.2) is 31.4 Å². The van der Waals surface area contributed by atoms with Crippen molar-refractivity contribution >= 4 is 28.9 Å². The fourth-order valence-corrected chi connectivity index (χ4v) is 3.29. The van der Waals surface area contributed by atoms with E-state index < -0.39 is 0 Å². The first kappa shape index (κ1) is 22.5. The zero-order valence-electron chi connectivity index (χ0n) is 18.2. The summed E-state index contributed by atoms with van der Waals surface area (Å²) in [6, 6.07) is 15.8. The summed E-state index contributed by atoms with van der Waals surface area (Å²) in [5.41, 5.74) is 3.95. The number of nitrogens with one attached hydrogen (secondary N) is 1. The van der Waals surface area contributed by atoms with Crippen LogP contribution in [0, 0.1) is 0 Å². The fraction of sp³-hybridized carbons (Fsp3) is 0.417. The molecule has 2 aromatic carbocycles. The Morgan fingerprint density at radius 2 is 1.45 bits per heavy atom. The molecule has 29 heavy (non-hydrogen) atoms. The molecule has 5 nitrogen and oxygen atoms in total. The lowest BCUT2D eigenvalue weighted by molar-refractivity contribution is -0.117. The Morgan fingerprint density at radius 1 is 0.897 bits per heavy atom. The second-order valence-electron chi connectivity index (χ2n) is 7.43. The van der Waals surface area contributed by atoms with Gasteiger partial charge < -0.3 is 15.1 Å². The van der Waals surface area contributed by atoms with Crippen molar-refractivity contribution in [3.8, 4) is 0 Å². The second-order valence-corrected chi connectivity index (χ2v) is 7.43. The molecule has 1 N–H and O–H groups in total. The first-order valence-corrected chi connectivity index (χ1v) is 10.4. The number of nitrogens with zero attached hydrogens (tertiary/aromatic N) is 2. The molecule has 0 spiro atoms. The van der Waals surface area contributed by atoms with Gasteiger partial charge in [-0.25, -0.2) is 0 Å². The third-order valence-electron chi connectivity index (χ3n) is 5.09. The van der Waals surface area contributed by atoms with Crippen molar-refractivity contribution < 1.29 is 9.59 Å². The van der Waals surface area contributed by atoms with Crippen LogP contribution in [0.5, 0.6) is 0 Å². The number of amides is 2. The van der Waals surface area contributed by atoms with Crippen molar-refractivity contribution in [1.29, 1.82) is 0 Å². The van der Waals surface area contributed by atoms with Crippen LogP contribution >= 0.6 is 0 Å². The van der Waals surface area contributed by atoms with Gasteiger partial charge in [-0.1, -0.05) is 26.0 Å². The van der Waals surface area contributed by atoms with Gasteiger partial charge in [-0.3, -0.25) is 9.59 Å². The molecule has 0 atom stereocenters. The lowest BCUT2D eigenvalue weighted by atomic mass is 10.0. The van der Waals surface area contributed by atoms with Gasteiger partial charge in [0.05, 0.1) is 0 Å². The first-order valence-electron chi connectivity index (χ1n) is 10.4. The number of rotatable bonds is 9. The molecule has 2 aromatic rings. The van der Waals surface area contributed by atoms with Gasteiger partial charge in [-0.05, 0) is 61.7 Å². The highest BCUT2D eigenvalue weighted by Crippen LogP contribution is 2.21. The summed E-state index contributed by atoms with van der Waals surface area (Å²) >= 11 is 0. The number of anilines is 3. The molecular formula is C24H33N3O2. The number of hydrogen-bond donors (Lipinski definition) is 1. The van der Waals surface area contributed by atoms with E-state index in [1.54, 1.807) is 4.90 Å². The Bertz CT molecular complexity index is 794. The molecule has 0 unspecified atom stereocenters. The van der Waals surface area contributed by atoms with Crippen LogP contribution < -0.4 is 15.1 Å². The van der Waals surface area contributed by atoms with E-state index in [9.17, 15) is 9.59 Å². The van der Waals surface area contributed by atoms with Gasteiger partial charge in [0.2, 0.25) is 11.8 Å². The Labute approximate surface area is 174 Å². The third kappa shape index (κ3) is 6.34. The predicted octanol–water partition coefficient (Wildman–Crippen LogP) is 5.04. The summed E-state index contributed by atoms with van der Waals surface area (Å²) in [4.78, 5) is 28.4. The minimum Gasteiger partial charge on any atom is -0.372 e. The number of carbonyl (C=O) groups is 2. The maximum Gasteiger partial charge on any atom is 0.226 e. The minimum atomic E-state index is -0.106. The van der Waals surface area contributed by atoms with Crippen molar-refractivity contribution in [2.75, 3.05) is 34.8 Å². The number of benzene rings is 2. The van der Waals surface area contributed by atoms with Crippen LogP contribution in [0.4, 0.5) is 17.1 Å². The molecule has 0 heterocycles. The fourth-order valence-electron chi connectivity index (χ4n) is 3.29. The van der Waals surface area contributed by atoms with Crippen LogP contribution in [0.2, 0.25) is 0 Å². The predicted molar refractivity (Wildman–Crippen MR) is 122 cm³/mol. The molecule has 0 bridgehead atoms. The molecule has 0 aliphatic heterocycles. The Balaban J connectivity index is 1.96. The molecule has 0 aliphatic carbocycles. The smallest absolute Gasteiger partial charge is 0.226 e. The quantitative estimate of drug-likeness (QED) is 0.647. The second kappa shape index (κ2) is 10.6. The van der Waals surface area contributed by atoms with Crippen molar-refractivity contribution in [2.24, 2.45) is 0 Å². The monoisotopic (exact) mass is 395 g/mol. The highest BCUT2D eigenvalue weighted by Gasteiger charge is 2.14. The van der Waals surface area contributed by atoms with Crippen molar-refractivity contribution in [3.63, 3.8) is 0 Å². The first-order chi connectivity index (χ1) is 13.8. The summed E-state index contributed by atoms with van der Waals surface area (Å²) < 4.78 is 0. The average molecular weight is 396 g/mol. The zero-order valence-corrected chi connectivity index (χ0v) is 18.2. The normalized spacial score (nSPS) is 10.7. The van der Waals surface area contributed by atoms with Gasteiger partial charge in [-0.2, -0.15) is 0 Å². The Morgan fingerprint density at radius 3 is 1.93 bits per heavy atom. The van der Waals surface area contributed by atoms with Gasteiger partial charge in [0.15, 0.2) is 0 Å². The maximum absolute atomic E-state index is 12.4. The molecular weight excluding hydrogens is 362 g/mol. The Hall–Kier alpha value is -2.82. The molecule has 5 heteroatoms. The van der Waals surface area contributed by atoms with Gasteiger partial charge in [0.25, 0.3) is 0 Å². The van der Waals surface area contributed by atoms with Crippen molar-refractivity contribution in [2.45, 2.75) is 47.0 Å². The minimum absolute atomic E-state index is 0.0707. The topological polar surface area (TPSA) is 52.7 Å². The summed E-state index contributed by atoms with van der Waals surface area (Å²) in [7, 11) is 0. The molecule has 2 amide bonds. The maximum atomic E-state index is 12.4. The van der Waals surface area contributed by atoms with E-state index in [0.717, 1.165) is 30.2 Å². The zero-order chi connectivity index (χ0) is 21.4. The van der Waals surface area contributed by atoms with E-state index in [2.05, 4.69) is 37.9 Å². The summed E-state index contributed by atoms with van der Waals surface area (Å²) in [6.45, 7) is 12.3. The number of carbonyl (C=O) groups excluding carboxylic acids is 2. The lowest BCUT2D eigenvalue weighted by Gasteiger charge is -2.22. The largest absolute Gasteiger partial charge is 0.372 e. The lowest BCUT2D eigenvalue weighted by Crippen LogP contribution is -2.32. The third-order valence-corrected chi connectivity index (χ3v) is 5.09. The van der Waals surface area contributed by atoms with Gasteiger partial charge in [0, 0.05) is 50.0 Å². The van der Waals surface area contributed by atoms with Crippen LogP contribution in [0.25, 0.3) is 0 Å². The van der Waals surface area contributed by atoms with E-state index in [-0.39, 0.29) is 18.2 Å². The summed E-state index contributed by atoms with van der Waals surface area (Å²) in [6.07, 6.45) is 0.239. The summed E-state index contributed by atoms with van der Waals surface area (Å²) in [5.74, 6) is 0.262. The van der Waals surface area contributed by atoms with Crippen molar-refractivity contribution in [1.82, 2.24) is 0 Å². The number of hydrogen-bond acceptors (Lipinski definition) is 3. The van der Waals surface area contributed by atoms with Crippen LogP contribution in [0.3, 0.4) is 0 Å². The van der Waals surface area contributed by atoms with Crippen LogP contribution in [-0.2, 0) is 9.59 Å². The van der Waals surface area contributed by atoms with E-state index >= 15 is 0 Å². The molecule has 156 valence electrons. The van der Waals surface area contributed by atoms with E-state index in [0.29, 0.717) is 12.5 Å². The molecule has 0 aliphatic rings. The molecule has 0 aromatic heterocycles. The summed E-state index contributed by atoms with van der Waals surface area (Å²) in [5, 5.41) is 2.92. The standard InChI is InChI=1S/C24H33N3O2/c1-6-26(7-2)22-14-10-21(11-15-22)25-24(29)16-17-27(19(5)28)23-12-8-20(9-13-23)18(3)4/h8-15,18H,6-7,16-17H2,1-5H3,(H,25,29). The van der Waals surface area contributed by atoms with Gasteiger partial charge in [-0.15, -0.1) is 0 Å². The van der Waals surface area contributed by atoms with E-state index in [4.69, 9.17) is 0 Å². The molecule has 0 saturated heterocycles. The van der Waals surface area contributed by atoms with Crippen LogP contribution in [0.1, 0.15) is 52.5 Å².